The molecule has 2 aliphatic rings. The maximum atomic E-state index is 12.3. The van der Waals surface area contributed by atoms with Gasteiger partial charge in [0.2, 0.25) is 12.7 Å². The van der Waals surface area contributed by atoms with Crippen LogP contribution in [0.4, 0.5) is 11.4 Å². The number of ether oxygens (including phenoxy) is 2. The minimum absolute atomic E-state index is 0.0949. The largest absolute Gasteiger partial charge is 0.454 e. The van der Waals surface area contributed by atoms with E-state index in [2.05, 4.69) is 16.0 Å². The van der Waals surface area contributed by atoms with Crippen molar-refractivity contribution in [3.8, 4) is 11.5 Å². The minimum Gasteiger partial charge on any atom is -0.454 e. The van der Waals surface area contributed by atoms with Crippen molar-refractivity contribution in [2.24, 2.45) is 0 Å². The fraction of sp³-hybridized carbons (Fsp3) is 0.300. The molecule has 2 aromatic rings. The van der Waals surface area contributed by atoms with Crippen LogP contribution in [-0.4, -0.2) is 36.4 Å². The van der Waals surface area contributed by atoms with Crippen LogP contribution < -0.4 is 25.4 Å². The molecule has 0 unspecified atom stereocenters. The Morgan fingerprint density at radius 2 is 1.89 bits per heavy atom. The number of nitrogens with one attached hydrogen (secondary N) is 3. The van der Waals surface area contributed by atoms with E-state index in [1.54, 1.807) is 32.0 Å². The smallest absolute Gasteiger partial charge is 0.251 e. The monoisotopic (exact) mass is 385 g/mol. The Labute approximate surface area is 162 Å². The highest BCUT2D eigenvalue weighted by Crippen LogP contribution is 2.32. The van der Waals surface area contributed by atoms with Gasteiger partial charge in [-0.05, 0) is 49.7 Å². The predicted octanol–water partition coefficient (Wildman–Crippen LogP) is 2.10. The van der Waals surface area contributed by atoms with E-state index in [0.717, 1.165) is 11.3 Å². The highest BCUT2D eigenvalue weighted by Gasteiger charge is 2.17. The van der Waals surface area contributed by atoms with Gasteiger partial charge >= 0.3 is 0 Å². The Kier molecular flexibility index (Phi) is 6.00. The lowest BCUT2D eigenvalue weighted by Crippen LogP contribution is -2.28. The zero-order chi connectivity index (χ0) is 20.1. The van der Waals surface area contributed by atoms with Gasteiger partial charge in [-0.2, -0.15) is 0 Å². The molecule has 0 fully saturated rings. The molecular formula is C20H23N3O5. The number of benzene rings is 2. The average Bonchev–Trinajstić information content (AvgIpc) is 3.13. The summed E-state index contributed by atoms with van der Waals surface area (Å²) in [4.78, 5) is 23.6. The maximum Gasteiger partial charge on any atom is 0.251 e. The van der Waals surface area contributed by atoms with Crippen molar-refractivity contribution in [3.63, 3.8) is 0 Å². The van der Waals surface area contributed by atoms with Crippen LogP contribution in [0.5, 0.6) is 11.5 Å². The molecule has 28 heavy (non-hydrogen) atoms. The van der Waals surface area contributed by atoms with Crippen molar-refractivity contribution in [1.82, 2.24) is 5.32 Å². The molecular weight excluding hydrogens is 362 g/mol. The summed E-state index contributed by atoms with van der Waals surface area (Å²) in [5, 5.41) is 16.7. The van der Waals surface area contributed by atoms with E-state index in [1.807, 2.05) is 18.2 Å². The van der Waals surface area contributed by atoms with Gasteiger partial charge in [0.05, 0.1) is 17.9 Å². The van der Waals surface area contributed by atoms with Crippen LogP contribution in [0.1, 0.15) is 29.8 Å². The van der Waals surface area contributed by atoms with Gasteiger partial charge in [-0.25, -0.2) is 0 Å². The number of hydrogen-bond acceptors (Lipinski definition) is 6. The van der Waals surface area contributed by atoms with Gasteiger partial charge in [0, 0.05) is 18.2 Å². The van der Waals surface area contributed by atoms with E-state index in [4.69, 9.17) is 14.6 Å². The molecule has 0 aliphatic carbocycles. The highest BCUT2D eigenvalue weighted by atomic mass is 16.7. The molecule has 2 amide bonds. The lowest BCUT2D eigenvalue weighted by atomic mass is 10.1. The number of carbonyl (C=O) groups is 2. The molecule has 0 atom stereocenters. The van der Waals surface area contributed by atoms with Crippen molar-refractivity contribution in [2.45, 2.75) is 26.5 Å². The van der Waals surface area contributed by atoms with E-state index in [9.17, 15) is 9.59 Å². The zero-order valence-electron chi connectivity index (χ0n) is 15.7. The van der Waals surface area contributed by atoms with E-state index in [0.29, 0.717) is 29.3 Å². The second-order valence-electron chi connectivity index (χ2n) is 6.63. The quantitative estimate of drug-likeness (QED) is 0.644. The zero-order valence-corrected chi connectivity index (χ0v) is 15.7. The first-order chi connectivity index (χ1) is 13.4. The predicted molar refractivity (Wildman–Crippen MR) is 105 cm³/mol. The number of fused-ring (bicyclic) bond motifs is 2. The van der Waals surface area contributed by atoms with Crippen LogP contribution in [0.2, 0.25) is 0 Å². The van der Waals surface area contributed by atoms with Crippen LogP contribution in [0.25, 0.3) is 0 Å². The van der Waals surface area contributed by atoms with Gasteiger partial charge in [-0.1, -0.05) is 6.07 Å². The normalized spacial score (nSPS) is 13.6. The van der Waals surface area contributed by atoms with Crippen LogP contribution in [0.15, 0.2) is 36.4 Å². The second-order valence-corrected chi connectivity index (χ2v) is 6.63. The van der Waals surface area contributed by atoms with Gasteiger partial charge in [-0.15, -0.1) is 0 Å². The lowest BCUT2D eigenvalue weighted by molar-refractivity contribution is -0.114. The third-order valence-corrected chi connectivity index (χ3v) is 3.89. The second kappa shape index (κ2) is 8.62. The number of anilines is 2. The molecule has 148 valence electrons. The summed E-state index contributed by atoms with van der Waals surface area (Å²) in [7, 11) is 0. The Morgan fingerprint density at radius 3 is 2.68 bits per heavy atom. The molecule has 0 radical (unpaired) electrons. The number of aliphatic hydroxyl groups is 1. The van der Waals surface area contributed by atoms with E-state index < -0.39 is 0 Å². The third kappa shape index (κ3) is 4.92. The molecule has 2 heterocycles. The summed E-state index contributed by atoms with van der Waals surface area (Å²) < 4.78 is 10.6. The summed E-state index contributed by atoms with van der Waals surface area (Å²) in [5.74, 6) is 1.13. The molecule has 0 saturated carbocycles. The number of aliphatic hydroxyl groups excluding tert-OH is 1. The molecule has 0 aromatic heterocycles. The molecule has 2 aliphatic heterocycles. The minimum atomic E-state index is -0.186. The van der Waals surface area contributed by atoms with Gasteiger partial charge in [0.25, 0.3) is 5.91 Å². The van der Waals surface area contributed by atoms with Crippen LogP contribution in [-0.2, 0) is 11.3 Å². The maximum absolute atomic E-state index is 12.3. The van der Waals surface area contributed by atoms with Crippen LogP contribution in [0.3, 0.4) is 0 Å². The molecule has 4 rings (SSSR count). The number of hydrogen-bond donors (Lipinski definition) is 4. The summed E-state index contributed by atoms with van der Waals surface area (Å²) in [6, 6.07) is 10.7. The molecule has 8 heteroatoms. The summed E-state index contributed by atoms with van der Waals surface area (Å²) in [5.41, 5.74) is 2.87. The Morgan fingerprint density at radius 1 is 1.14 bits per heavy atom. The highest BCUT2D eigenvalue weighted by molar-refractivity contribution is 6.03. The van der Waals surface area contributed by atoms with E-state index in [-0.39, 0.29) is 31.3 Å². The fourth-order valence-electron chi connectivity index (χ4n) is 2.65. The number of rotatable bonds is 3. The molecule has 0 saturated heterocycles. The van der Waals surface area contributed by atoms with Crippen molar-refractivity contribution >= 4 is 23.2 Å². The van der Waals surface area contributed by atoms with E-state index in [1.165, 1.54) is 0 Å². The van der Waals surface area contributed by atoms with Crippen molar-refractivity contribution in [1.29, 1.82) is 0 Å². The first-order valence-corrected chi connectivity index (χ1v) is 8.95. The van der Waals surface area contributed by atoms with Gasteiger partial charge in [-0.3, -0.25) is 9.59 Å². The van der Waals surface area contributed by atoms with Crippen molar-refractivity contribution in [3.05, 3.63) is 47.5 Å². The third-order valence-electron chi connectivity index (χ3n) is 3.89. The Hall–Kier alpha value is -3.26. The Bertz CT molecular complexity index is 879. The lowest BCUT2D eigenvalue weighted by Gasteiger charge is -2.19. The Balaban J connectivity index is 0.000000516. The van der Waals surface area contributed by atoms with Gasteiger partial charge < -0.3 is 30.5 Å². The van der Waals surface area contributed by atoms with Gasteiger partial charge in [0.15, 0.2) is 11.5 Å². The van der Waals surface area contributed by atoms with Crippen LogP contribution in [0, 0.1) is 0 Å². The molecule has 8 nitrogen and oxygen atoms in total. The van der Waals surface area contributed by atoms with Crippen molar-refractivity contribution < 1.29 is 24.2 Å². The number of amides is 2. The van der Waals surface area contributed by atoms with E-state index >= 15 is 0 Å². The summed E-state index contributed by atoms with van der Waals surface area (Å²) in [6.45, 7) is 4.26. The SMILES string of the molecule is CC(C)O.O=C1CNc2cc(C(=O)NCc3ccc4c(c3)OCO4)ccc2N1. The first-order valence-electron chi connectivity index (χ1n) is 8.95. The van der Waals surface area contributed by atoms with Crippen molar-refractivity contribution in [2.75, 3.05) is 24.0 Å². The summed E-state index contributed by atoms with van der Waals surface area (Å²) in [6.07, 6.45) is -0.167. The summed E-state index contributed by atoms with van der Waals surface area (Å²) >= 11 is 0. The molecule has 0 bridgehead atoms. The fourth-order valence-corrected chi connectivity index (χ4v) is 2.65. The molecule has 4 N–H and O–H groups in total. The molecule has 0 spiro atoms. The first kappa shape index (κ1) is 19.5. The molecule has 2 aromatic carbocycles. The topological polar surface area (TPSA) is 109 Å². The average molecular weight is 385 g/mol. The number of carbonyl (C=O) groups excluding carboxylic acids is 2. The standard InChI is InChI=1S/C17H15N3O4.C3H8O/c21-16-8-18-13-6-11(2-3-12(13)20-16)17(22)19-7-10-1-4-14-15(5-10)24-9-23-14;1-3(2)4/h1-6,18H,7-9H2,(H,19,22)(H,20,21);3-4H,1-2H3. The van der Waals surface area contributed by atoms with Crippen LogP contribution >= 0.6 is 0 Å². The van der Waals surface area contributed by atoms with Gasteiger partial charge in [0.1, 0.15) is 0 Å².